The molecule has 1 N–H and O–H groups in total. The van der Waals surface area contributed by atoms with Gasteiger partial charge in [-0.1, -0.05) is 6.07 Å². The average molecular weight is 357 g/mol. The molecule has 3 heterocycles. The van der Waals surface area contributed by atoms with E-state index in [0.29, 0.717) is 24.2 Å². The van der Waals surface area contributed by atoms with Crippen molar-refractivity contribution in [3.05, 3.63) is 28.7 Å². The van der Waals surface area contributed by atoms with E-state index >= 15 is 0 Å². The molecule has 1 atom stereocenters. The summed E-state index contributed by atoms with van der Waals surface area (Å²) < 4.78 is 6.83. The minimum absolute atomic E-state index is 0.0746. The maximum atomic E-state index is 12.5. The first-order valence-corrected chi connectivity index (χ1v) is 8.76. The Morgan fingerprint density at radius 1 is 1.12 bits per heavy atom. The first-order valence-electron chi connectivity index (χ1n) is 8.76. The zero-order chi connectivity index (χ0) is 18.3. The van der Waals surface area contributed by atoms with Gasteiger partial charge in [0.15, 0.2) is 5.58 Å². The van der Waals surface area contributed by atoms with E-state index in [1.165, 1.54) is 4.57 Å². The largest absolute Gasteiger partial charge is 0.420 e. The predicted molar refractivity (Wildman–Crippen MR) is 92.9 cm³/mol. The number of imide groups is 1. The quantitative estimate of drug-likeness (QED) is 0.649. The Hall–Kier alpha value is -2.90. The summed E-state index contributed by atoms with van der Waals surface area (Å²) in [6, 6.07) is 4.69. The maximum absolute atomic E-state index is 12.5. The van der Waals surface area contributed by atoms with Crippen molar-refractivity contribution in [2.45, 2.75) is 31.7 Å². The SMILES string of the molecule is O=CC1CCN(c2cccc3c2oc(=O)n3C2CCC(=O)NC2=O)CC1. The highest BCUT2D eigenvalue weighted by molar-refractivity contribution is 6.00. The van der Waals surface area contributed by atoms with Gasteiger partial charge in [0.2, 0.25) is 11.8 Å². The molecule has 1 aromatic heterocycles. The molecular formula is C18H19N3O5. The van der Waals surface area contributed by atoms with Crippen LogP contribution in [0.25, 0.3) is 11.1 Å². The molecule has 2 aliphatic rings. The molecule has 0 radical (unpaired) electrons. The third-order valence-electron chi connectivity index (χ3n) is 5.21. The third-order valence-corrected chi connectivity index (χ3v) is 5.21. The third kappa shape index (κ3) is 2.71. The summed E-state index contributed by atoms with van der Waals surface area (Å²) in [6.45, 7) is 1.41. The Kier molecular flexibility index (Phi) is 4.10. The van der Waals surface area contributed by atoms with E-state index < -0.39 is 17.7 Å². The average Bonchev–Trinajstić information content (AvgIpc) is 2.98. The lowest BCUT2D eigenvalue weighted by Gasteiger charge is -2.31. The topological polar surface area (TPSA) is 102 Å². The molecule has 1 aromatic carbocycles. The van der Waals surface area contributed by atoms with Gasteiger partial charge < -0.3 is 14.1 Å². The molecule has 2 amide bonds. The van der Waals surface area contributed by atoms with Gasteiger partial charge in [-0.15, -0.1) is 0 Å². The fourth-order valence-corrected chi connectivity index (χ4v) is 3.79. The van der Waals surface area contributed by atoms with Crippen molar-refractivity contribution in [3.63, 3.8) is 0 Å². The number of anilines is 1. The molecule has 8 heteroatoms. The van der Waals surface area contributed by atoms with Crippen LogP contribution in [0, 0.1) is 5.92 Å². The van der Waals surface area contributed by atoms with Crippen LogP contribution in [0.1, 0.15) is 31.7 Å². The molecule has 0 aliphatic carbocycles. The number of amides is 2. The second-order valence-electron chi connectivity index (χ2n) is 6.79. The van der Waals surface area contributed by atoms with Crippen molar-refractivity contribution in [3.8, 4) is 0 Å². The number of aldehydes is 1. The lowest BCUT2D eigenvalue weighted by Crippen LogP contribution is -2.43. The van der Waals surface area contributed by atoms with Gasteiger partial charge in [-0.05, 0) is 31.4 Å². The summed E-state index contributed by atoms with van der Waals surface area (Å²) in [7, 11) is 0. The Morgan fingerprint density at radius 3 is 2.58 bits per heavy atom. The van der Waals surface area contributed by atoms with E-state index in [2.05, 4.69) is 10.2 Å². The normalized spacial score (nSPS) is 21.8. The van der Waals surface area contributed by atoms with Gasteiger partial charge in [-0.3, -0.25) is 19.5 Å². The first-order chi connectivity index (χ1) is 12.6. The second-order valence-corrected chi connectivity index (χ2v) is 6.79. The minimum atomic E-state index is -0.752. The van der Waals surface area contributed by atoms with Gasteiger partial charge in [0, 0.05) is 25.4 Å². The molecule has 4 rings (SSSR count). The summed E-state index contributed by atoms with van der Waals surface area (Å²) in [5.74, 6) is -1.34. The van der Waals surface area contributed by atoms with Gasteiger partial charge >= 0.3 is 5.76 Å². The molecule has 8 nitrogen and oxygen atoms in total. The van der Waals surface area contributed by atoms with Crippen molar-refractivity contribution < 1.29 is 18.8 Å². The molecule has 0 saturated carbocycles. The zero-order valence-electron chi connectivity index (χ0n) is 14.1. The van der Waals surface area contributed by atoms with Crippen molar-refractivity contribution in [2.75, 3.05) is 18.0 Å². The van der Waals surface area contributed by atoms with Gasteiger partial charge in [0.25, 0.3) is 0 Å². The number of aromatic nitrogens is 1. The van der Waals surface area contributed by atoms with Crippen molar-refractivity contribution in [1.29, 1.82) is 0 Å². The molecule has 26 heavy (non-hydrogen) atoms. The van der Waals surface area contributed by atoms with Gasteiger partial charge in [0.1, 0.15) is 12.3 Å². The highest BCUT2D eigenvalue weighted by Crippen LogP contribution is 2.31. The molecule has 2 aromatic rings. The number of para-hydroxylation sites is 1. The Balaban J connectivity index is 1.73. The molecule has 2 aliphatic heterocycles. The van der Waals surface area contributed by atoms with Crippen molar-refractivity contribution in [2.24, 2.45) is 5.92 Å². The van der Waals surface area contributed by atoms with Crippen molar-refractivity contribution in [1.82, 2.24) is 9.88 Å². The van der Waals surface area contributed by atoms with Crippen LogP contribution in [0.5, 0.6) is 0 Å². The van der Waals surface area contributed by atoms with Crippen molar-refractivity contribution >= 4 is 34.9 Å². The van der Waals surface area contributed by atoms with Gasteiger partial charge in [-0.2, -0.15) is 0 Å². The highest BCUT2D eigenvalue weighted by atomic mass is 16.4. The Morgan fingerprint density at radius 2 is 1.88 bits per heavy atom. The van der Waals surface area contributed by atoms with Crippen LogP contribution < -0.4 is 16.0 Å². The number of hydrogen-bond acceptors (Lipinski definition) is 6. The van der Waals surface area contributed by atoms with E-state index in [0.717, 1.165) is 24.8 Å². The lowest BCUT2D eigenvalue weighted by atomic mass is 9.98. The molecule has 2 fully saturated rings. The number of fused-ring (bicyclic) bond motifs is 1. The van der Waals surface area contributed by atoms with Crippen LogP contribution in [0.2, 0.25) is 0 Å². The van der Waals surface area contributed by atoms with E-state index in [4.69, 9.17) is 4.42 Å². The number of carbonyl (C=O) groups is 3. The maximum Gasteiger partial charge on any atom is 0.420 e. The molecule has 136 valence electrons. The summed E-state index contributed by atoms with van der Waals surface area (Å²) in [5, 5.41) is 2.28. The number of carbonyl (C=O) groups excluding carboxylic acids is 3. The number of piperidine rings is 2. The summed E-state index contributed by atoms with van der Waals surface area (Å²) in [5.41, 5.74) is 1.77. The van der Waals surface area contributed by atoms with E-state index in [1.54, 1.807) is 6.07 Å². The number of nitrogens with zero attached hydrogens (tertiary/aromatic N) is 2. The summed E-state index contributed by atoms with van der Waals surface area (Å²) in [6.07, 6.45) is 2.98. The molecular weight excluding hydrogens is 338 g/mol. The Bertz CT molecular complexity index is 936. The lowest BCUT2D eigenvalue weighted by molar-refractivity contribution is -0.135. The second kappa shape index (κ2) is 6.44. The van der Waals surface area contributed by atoms with Crippen LogP contribution in [0.4, 0.5) is 5.69 Å². The highest BCUT2D eigenvalue weighted by Gasteiger charge is 2.32. The van der Waals surface area contributed by atoms with Crippen LogP contribution in [0.3, 0.4) is 0 Å². The number of benzene rings is 1. The van der Waals surface area contributed by atoms with E-state index in [-0.39, 0.29) is 24.7 Å². The fourth-order valence-electron chi connectivity index (χ4n) is 3.79. The minimum Gasteiger partial charge on any atom is -0.405 e. The fraction of sp³-hybridized carbons (Fsp3) is 0.444. The first kappa shape index (κ1) is 16.6. The summed E-state index contributed by atoms with van der Waals surface area (Å²) in [4.78, 5) is 49.1. The van der Waals surface area contributed by atoms with E-state index in [1.807, 2.05) is 12.1 Å². The van der Waals surface area contributed by atoms with Crippen LogP contribution >= 0.6 is 0 Å². The number of nitrogens with one attached hydrogen (secondary N) is 1. The van der Waals surface area contributed by atoms with Crippen LogP contribution in [0.15, 0.2) is 27.4 Å². The molecule has 0 spiro atoms. The Labute approximate surface area is 148 Å². The number of oxazole rings is 1. The smallest absolute Gasteiger partial charge is 0.405 e. The standard InChI is InChI=1S/C18H19N3O5/c22-10-11-6-8-20(9-7-11)12-2-1-3-13-16(12)26-18(25)21(13)14-4-5-15(23)19-17(14)24/h1-3,10-11,14H,4-9H2,(H,19,23,24). The van der Waals surface area contributed by atoms with Crippen LogP contribution in [-0.2, 0) is 14.4 Å². The number of hydrogen-bond donors (Lipinski definition) is 1. The van der Waals surface area contributed by atoms with Crippen LogP contribution in [-0.4, -0.2) is 35.8 Å². The zero-order valence-corrected chi connectivity index (χ0v) is 14.1. The molecule has 2 saturated heterocycles. The molecule has 0 bridgehead atoms. The van der Waals surface area contributed by atoms with Gasteiger partial charge in [0.05, 0.1) is 11.2 Å². The monoisotopic (exact) mass is 357 g/mol. The molecule has 1 unspecified atom stereocenters. The predicted octanol–water partition coefficient (Wildman–Crippen LogP) is 0.987. The van der Waals surface area contributed by atoms with Gasteiger partial charge in [-0.25, -0.2) is 4.79 Å². The number of rotatable bonds is 3. The summed E-state index contributed by atoms with van der Waals surface area (Å²) >= 11 is 0. The van der Waals surface area contributed by atoms with E-state index in [9.17, 15) is 19.2 Å².